The van der Waals surface area contributed by atoms with Crippen LogP contribution in [-0.2, 0) is 17.8 Å². The molecule has 1 fully saturated rings. The van der Waals surface area contributed by atoms with Gasteiger partial charge in [0.1, 0.15) is 12.6 Å². The number of aromatic nitrogens is 2. The van der Waals surface area contributed by atoms with Crippen LogP contribution in [0.4, 0.5) is 5.69 Å². The van der Waals surface area contributed by atoms with E-state index < -0.39 is 0 Å². The van der Waals surface area contributed by atoms with Gasteiger partial charge in [-0.1, -0.05) is 18.2 Å². The molecule has 1 amide bonds. The molecule has 0 unspecified atom stereocenters. The standard InChI is InChI=1S/C18H22N4O2/c19-15-5-3-7-17(15)24-14-10-20-21(11-14)12-18(23)22-9-8-13-4-1-2-6-16(13)22/h1-2,4,6,10-11,15,17H,3,5,7-9,12,19H2/t15-,17+/m0/s1. The van der Waals surface area contributed by atoms with Crippen molar-refractivity contribution in [2.75, 3.05) is 11.4 Å². The number of hydrogen-bond acceptors (Lipinski definition) is 4. The fourth-order valence-corrected chi connectivity index (χ4v) is 3.59. The topological polar surface area (TPSA) is 73.4 Å². The fraction of sp³-hybridized carbons (Fsp3) is 0.444. The van der Waals surface area contributed by atoms with E-state index in [0.717, 1.165) is 37.9 Å². The van der Waals surface area contributed by atoms with E-state index in [1.807, 2.05) is 23.1 Å². The Kier molecular flexibility index (Phi) is 3.98. The number of nitrogens with zero attached hydrogens (tertiary/aromatic N) is 3. The van der Waals surface area contributed by atoms with E-state index in [0.29, 0.717) is 5.75 Å². The minimum absolute atomic E-state index is 0.0483. The summed E-state index contributed by atoms with van der Waals surface area (Å²) >= 11 is 0. The summed E-state index contributed by atoms with van der Waals surface area (Å²) in [6, 6.07) is 8.15. The van der Waals surface area contributed by atoms with Gasteiger partial charge in [-0.3, -0.25) is 9.48 Å². The number of anilines is 1. The van der Waals surface area contributed by atoms with Gasteiger partial charge in [0.05, 0.1) is 12.4 Å². The normalized spacial score (nSPS) is 22.6. The molecule has 0 radical (unpaired) electrons. The zero-order chi connectivity index (χ0) is 16.5. The molecular weight excluding hydrogens is 304 g/mol. The van der Waals surface area contributed by atoms with Gasteiger partial charge in [-0.2, -0.15) is 5.10 Å². The highest BCUT2D eigenvalue weighted by atomic mass is 16.5. The number of ether oxygens (including phenoxy) is 1. The first-order chi connectivity index (χ1) is 11.7. The van der Waals surface area contributed by atoms with Crippen molar-refractivity contribution in [3.05, 3.63) is 42.2 Å². The minimum Gasteiger partial charge on any atom is -0.486 e. The van der Waals surface area contributed by atoms with E-state index in [1.165, 1.54) is 5.56 Å². The lowest BCUT2D eigenvalue weighted by atomic mass is 10.2. The zero-order valence-corrected chi connectivity index (χ0v) is 13.6. The third-order valence-electron chi connectivity index (χ3n) is 4.89. The number of para-hydroxylation sites is 1. The van der Waals surface area contributed by atoms with Gasteiger partial charge in [0.15, 0.2) is 5.75 Å². The molecule has 2 atom stereocenters. The van der Waals surface area contributed by atoms with E-state index in [2.05, 4.69) is 11.2 Å². The third kappa shape index (κ3) is 2.89. The predicted molar refractivity (Wildman–Crippen MR) is 91.0 cm³/mol. The van der Waals surface area contributed by atoms with Crippen molar-refractivity contribution in [1.82, 2.24) is 9.78 Å². The van der Waals surface area contributed by atoms with Crippen molar-refractivity contribution in [2.24, 2.45) is 5.73 Å². The molecule has 1 aromatic carbocycles. The van der Waals surface area contributed by atoms with Gasteiger partial charge >= 0.3 is 0 Å². The molecule has 2 aromatic rings. The Bertz CT molecular complexity index is 742. The van der Waals surface area contributed by atoms with Crippen molar-refractivity contribution in [2.45, 2.75) is 44.4 Å². The Morgan fingerprint density at radius 3 is 3.04 bits per heavy atom. The first-order valence-electron chi connectivity index (χ1n) is 8.53. The molecule has 6 nitrogen and oxygen atoms in total. The molecule has 2 heterocycles. The molecule has 1 aliphatic heterocycles. The van der Waals surface area contributed by atoms with Gasteiger partial charge in [-0.25, -0.2) is 0 Å². The highest BCUT2D eigenvalue weighted by Crippen LogP contribution is 2.28. The summed E-state index contributed by atoms with van der Waals surface area (Å²) in [6.07, 6.45) is 7.51. The highest BCUT2D eigenvalue weighted by molar-refractivity contribution is 5.95. The summed E-state index contributed by atoms with van der Waals surface area (Å²) in [7, 11) is 0. The number of fused-ring (bicyclic) bond motifs is 1. The second-order valence-corrected chi connectivity index (χ2v) is 6.55. The zero-order valence-electron chi connectivity index (χ0n) is 13.6. The number of hydrogen-bond donors (Lipinski definition) is 1. The quantitative estimate of drug-likeness (QED) is 0.929. The minimum atomic E-state index is 0.0483. The summed E-state index contributed by atoms with van der Waals surface area (Å²) in [4.78, 5) is 14.4. The molecule has 24 heavy (non-hydrogen) atoms. The number of carbonyl (C=O) groups excluding carboxylic acids is 1. The first kappa shape index (κ1) is 15.2. The first-order valence-corrected chi connectivity index (χ1v) is 8.53. The van der Waals surface area contributed by atoms with E-state index in [4.69, 9.17) is 10.5 Å². The van der Waals surface area contributed by atoms with E-state index >= 15 is 0 Å². The Morgan fingerprint density at radius 2 is 2.21 bits per heavy atom. The second kappa shape index (κ2) is 6.28. The van der Waals surface area contributed by atoms with Crippen molar-refractivity contribution < 1.29 is 9.53 Å². The van der Waals surface area contributed by atoms with Gasteiger partial charge in [0.2, 0.25) is 5.91 Å². The number of benzene rings is 1. The molecule has 1 aromatic heterocycles. The van der Waals surface area contributed by atoms with Crippen molar-refractivity contribution in [3.63, 3.8) is 0 Å². The summed E-state index contributed by atoms with van der Waals surface area (Å²) in [5.41, 5.74) is 8.27. The summed E-state index contributed by atoms with van der Waals surface area (Å²) in [5, 5.41) is 4.25. The smallest absolute Gasteiger partial charge is 0.248 e. The summed E-state index contributed by atoms with van der Waals surface area (Å²) < 4.78 is 7.54. The van der Waals surface area contributed by atoms with E-state index in [9.17, 15) is 4.79 Å². The number of carbonyl (C=O) groups is 1. The molecule has 2 N–H and O–H groups in total. The Morgan fingerprint density at radius 1 is 1.33 bits per heavy atom. The lowest BCUT2D eigenvalue weighted by Gasteiger charge is -2.17. The molecule has 6 heteroatoms. The van der Waals surface area contributed by atoms with Crippen LogP contribution in [0.5, 0.6) is 5.75 Å². The molecule has 4 rings (SSSR count). The van der Waals surface area contributed by atoms with E-state index in [-0.39, 0.29) is 24.6 Å². The molecule has 126 valence electrons. The molecule has 0 bridgehead atoms. The van der Waals surface area contributed by atoms with Crippen LogP contribution in [-0.4, -0.2) is 34.4 Å². The molecule has 2 aliphatic rings. The lowest BCUT2D eigenvalue weighted by Crippen LogP contribution is -2.33. The molecule has 1 saturated carbocycles. The average Bonchev–Trinajstić information content (AvgIpc) is 3.29. The van der Waals surface area contributed by atoms with Crippen molar-refractivity contribution >= 4 is 11.6 Å². The third-order valence-corrected chi connectivity index (χ3v) is 4.89. The van der Waals surface area contributed by atoms with Crippen LogP contribution in [0.1, 0.15) is 24.8 Å². The number of rotatable bonds is 4. The lowest BCUT2D eigenvalue weighted by molar-refractivity contribution is -0.119. The van der Waals surface area contributed by atoms with Crippen LogP contribution in [0.25, 0.3) is 0 Å². The average molecular weight is 326 g/mol. The maximum Gasteiger partial charge on any atom is 0.248 e. The van der Waals surface area contributed by atoms with Crippen LogP contribution in [0, 0.1) is 0 Å². The van der Waals surface area contributed by atoms with Crippen molar-refractivity contribution in [1.29, 1.82) is 0 Å². The molecular formula is C18H22N4O2. The van der Waals surface area contributed by atoms with Gasteiger partial charge in [-0.05, 0) is 37.3 Å². The van der Waals surface area contributed by atoms with Gasteiger partial charge in [-0.15, -0.1) is 0 Å². The Balaban J connectivity index is 1.40. The maximum atomic E-state index is 12.6. The molecule has 1 aliphatic carbocycles. The number of nitrogens with two attached hydrogens (primary N) is 1. The highest BCUT2D eigenvalue weighted by Gasteiger charge is 2.27. The van der Waals surface area contributed by atoms with Gasteiger partial charge in [0, 0.05) is 18.3 Å². The van der Waals surface area contributed by atoms with Crippen LogP contribution in [0.15, 0.2) is 36.7 Å². The van der Waals surface area contributed by atoms with Crippen LogP contribution in [0.2, 0.25) is 0 Å². The van der Waals surface area contributed by atoms with Crippen LogP contribution < -0.4 is 15.4 Å². The fourth-order valence-electron chi connectivity index (χ4n) is 3.59. The van der Waals surface area contributed by atoms with Gasteiger partial charge in [0.25, 0.3) is 0 Å². The van der Waals surface area contributed by atoms with Crippen LogP contribution >= 0.6 is 0 Å². The maximum absolute atomic E-state index is 12.6. The summed E-state index contributed by atoms with van der Waals surface area (Å²) in [5.74, 6) is 0.735. The summed E-state index contributed by atoms with van der Waals surface area (Å²) in [6.45, 7) is 0.953. The second-order valence-electron chi connectivity index (χ2n) is 6.55. The monoisotopic (exact) mass is 326 g/mol. The van der Waals surface area contributed by atoms with E-state index in [1.54, 1.807) is 17.1 Å². The largest absolute Gasteiger partial charge is 0.486 e. The van der Waals surface area contributed by atoms with Crippen molar-refractivity contribution in [3.8, 4) is 5.75 Å². The van der Waals surface area contributed by atoms with Gasteiger partial charge < -0.3 is 15.4 Å². The predicted octanol–water partition coefficient (Wildman–Crippen LogP) is 1.73. The Hall–Kier alpha value is -2.34. The number of amides is 1. The molecule has 0 spiro atoms. The molecule has 0 saturated heterocycles. The SMILES string of the molecule is N[C@H]1CCC[C@H]1Oc1cnn(CC(=O)N2CCc3ccccc32)c1. The Labute approximate surface area is 141 Å². The van der Waals surface area contributed by atoms with Crippen LogP contribution in [0.3, 0.4) is 0 Å².